The smallest absolute Gasteiger partial charge is 0.251 e. The van der Waals surface area contributed by atoms with Crippen molar-refractivity contribution in [3.8, 4) is 0 Å². The third kappa shape index (κ3) is 5.85. The second kappa shape index (κ2) is 9.56. The van der Waals surface area contributed by atoms with E-state index < -0.39 is 0 Å². The van der Waals surface area contributed by atoms with Gasteiger partial charge in [0.2, 0.25) is 5.91 Å². The highest BCUT2D eigenvalue weighted by molar-refractivity contribution is 5.93. The number of nitrogens with zero attached hydrogens (tertiary/aromatic N) is 1. The van der Waals surface area contributed by atoms with Gasteiger partial charge in [-0.3, -0.25) is 14.5 Å². The third-order valence-corrected chi connectivity index (χ3v) is 5.21. The lowest BCUT2D eigenvalue weighted by atomic mass is 9.89. The summed E-state index contributed by atoms with van der Waals surface area (Å²) in [6.07, 6.45) is 6.40. The Morgan fingerprint density at radius 1 is 1.16 bits per heavy atom. The van der Waals surface area contributed by atoms with Crippen molar-refractivity contribution in [1.82, 2.24) is 15.5 Å². The molecule has 1 atom stereocenters. The number of amides is 2. The molecule has 5 nitrogen and oxygen atoms in total. The molecule has 0 saturated heterocycles. The average Bonchev–Trinajstić information content (AvgIpc) is 2.66. The average molecular weight is 345 g/mol. The summed E-state index contributed by atoms with van der Waals surface area (Å²) in [6.45, 7) is 3.42. The summed E-state index contributed by atoms with van der Waals surface area (Å²) in [4.78, 5) is 26.0. The van der Waals surface area contributed by atoms with Crippen LogP contribution in [0.5, 0.6) is 0 Å². The number of nitrogens with one attached hydrogen (secondary N) is 2. The van der Waals surface area contributed by atoms with E-state index in [-0.39, 0.29) is 17.9 Å². The first-order valence-electron chi connectivity index (χ1n) is 9.30. The lowest BCUT2D eigenvalue weighted by Gasteiger charge is -2.26. The Morgan fingerprint density at radius 2 is 1.80 bits per heavy atom. The summed E-state index contributed by atoms with van der Waals surface area (Å²) < 4.78 is 0. The van der Waals surface area contributed by atoms with E-state index in [9.17, 15) is 9.59 Å². The zero-order valence-corrected chi connectivity index (χ0v) is 15.7. The topological polar surface area (TPSA) is 61.4 Å². The maximum atomic E-state index is 12.4. The molecule has 1 aromatic carbocycles. The Labute approximate surface area is 151 Å². The number of carbonyl (C=O) groups is 2. The van der Waals surface area contributed by atoms with Gasteiger partial charge in [-0.2, -0.15) is 0 Å². The van der Waals surface area contributed by atoms with Gasteiger partial charge in [0.15, 0.2) is 0 Å². The second-order valence-corrected chi connectivity index (χ2v) is 7.12. The molecule has 1 saturated carbocycles. The predicted octanol–water partition coefficient (Wildman–Crippen LogP) is 2.56. The van der Waals surface area contributed by atoms with Gasteiger partial charge in [-0.05, 0) is 50.4 Å². The maximum absolute atomic E-state index is 12.4. The molecule has 2 N–H and O–H groups in total. The number of benzene rings is 1. The van der Waals surface area contributed by atoms with Crippen LogP contribution in [0.2, 0.25) is 0 Å². The van der Waals surface area contributed by atoms with E-state index >= 15 is 0 Å². The predicted molar refractivity (Wildman–Crippen MR) is 100 cm³/mol. The van der Waals surface area contributed by atoms with Gasteiger partial charge in [0.05, 0.1) is 6.04 Å². The van der Waals surface area contributed by atoms with E-state index in [0.717, 1.165) is 12.1 Å². The highest BCUT2D eigenvalue weighted by atomic mass is 16.2. The van der Waals surface area contributed by atoms with Crippen molar-refractivity contribution < 1.29 is 9.59 Å². The van der Waals surface area contributed by atoms with E-state index in [1.54, 1.807) is 7.05 Å². The first-order chi connectivity index (χ1) is 12.0. The molecule has 25 heavy (non-hydrogen) atoms. The highest BCUT2D eigenvalue weighted by Crippen LogP contribution is 2.22. The summed E-state index contributed by atoms with van der Waals surface area (Å²) in [7, 11) is 3.58. The fourth-order valence-corrected chi connectivity index (χ4v) is 3.31. The summed E-state index contributed by atoms with van der Waals surface area (Å²) in [6, 6.07) is 7.33. The van der Waals surface area contributed by atoms with Crippen LogP contribution in [0, 0.1) is 5.92 Å². The molecule has 0 spiro atoms. The zero-order chi connectivity index (χ0) is 18.2. The van der Waals surface area contributed by atoms with E-state index in [2.05, 4.69) is 10.6 Å². The number of carbonyl (C=O) groups excluding carboxylic acids is 2. The summed E-state index contributed by atoms with van der Waals surface area (Å²) >= 11 is 0. The van der Waals surface area contributed by atoms with Crippen LogP contribution < -0.4 is 10.6 Å². The Balaban J connectivity index is 1.81. The van der Waals surface area contributed by atoms with Crippen molar-refractivity contribution in [2.24, 2.45) is 5.92 Å². The lowest BCUT2D eigenvalue weighted by Crippen LogP contribution is -2.44. The van der Waals surface area contributed by atoms with Gasteiger partial charge >= 0.3 is 0 Å². The van der Waals surface area contributed by atoms with Crippen molar-refractivity contribution >= 4 is 11.8 Å². The van der Waals surface area contributed by atoms with Crippen LogP contribution in [-0.4, -0.2) is 43.4 Å². The van der Waals surface area contributed by atoms with E-state index in [1.165, 1.54) is 32.1 Å². The van der Waals surface area contributed by atoms with E-state index in [0.29, 0.717) is 18.0 Å². The van der Waals surface area contributed by atoms with Crippen LogP contribution in [0.1, 0.15) is 54.9 Å². The number of likely N-dealkylation sites (N-methyl/N-ethyl adjacent to an activating group) is 1. The summed E-state index contributed by atoms with van der Waals surface area (Å²) in [5, 5.41) is 5.73. The number of hydrogen-bond donors (Lipinski definition) is 2. The molecule has 1 aromatic rings. The van der Waals surface area contributed by atoms with Crippen LogP contribution >= 0.6 is 0 Å². The molecule has 0 heterocycles. The molecule has 1 fully saturated rings. The molecular formula is C20H31N3O2. The van der Waals surface area contributed by atoms with Crippen LogP contribution in [0.25, 0.3) is 0 Å². The SMILES string of the molecule is CNC(=O)c1ccc(CN(C)C(C)C(=O)NCC2CCCCC2)cc1. The van der Waals surface area contributed by atoms with Crippen molar-refractivity contribution in [1.29, 1.82) is 0 Å². The monoisotopic (exact) mass is 345 g/mol. The van der Waals surface area contributed by atoms with Crippen molar-refractivity contribution in [3.05, 3.63) is 35.4 Å². The summed E-state index contributed by atoms with van der Waals surface area (Å²) in [5.74, 6) is 0.651. The van der Waals surface area contributed by atoms with Gasteiger partial charge in [0.1, 0.15) is 0 Å². The fourth-order valence-electron chi connectivity index (χ4n) is 3.31. The van der Waals surface area contributed by atoms with Gasteiger partial charge in [-0.15, -0.1) is 0 Å². The zero-order valence-electron chi connectivity index (χ0n) is 15.7. The molecule has 1 aliphatic carbocycles. The number of rotatable bonds is 7. The molecule has 0 aromatic heterocycles. The minimum absolute atomic E-state index is 0.0876. The van der Waals surface area contributed by atoms with Crippen LogP contribution in [0.4, 0.5) is 0 Å². The Hall–Kier alpha value is -1.88. The van der Waals surface area contributed by atoms with E-state index in [1.807, 2.05) is 43.1 Å². The first-order valence-corrected chi connectivity index (χ1v) is 9.30. The van der Waals surface area contributed by atoms with Crippen LogP contribution in [-0.2, 0) is 11.3 Å². The normalized spacial score (nSPS) is 16.5. The molecule has 0 bridgehead atoms. The fraction of sp³-hybridized carbons (Fsp3) is 0.600. The minimum Gasteiger partial charge on any atom is -0.355 e. The largest absolute Gasteiger partial charge is 0.355 e. The molecule has 1 unspecified atom stereocenters. The molecule has 5 heteroatoms. The highest BCUT2D eigenvalue weighted by Gasteiger charge is 2.20. The van der Waals surface area contributed by atoms with E-state index in [4.69, 9.17) is 0 Å². The lowest BCUT2D eigenvalue weighted by molar-refractivity contribution is -0.125. The quantitative estimate of drug-likeness (QED) is 0.798. The Bertz CT molecular complexity index is 565. The molecule has 0 radical (unpaired) electrons. The molecular weight excluding hydrogens is 314 g/mol. The van der Waals surface area contributed by atoms with Crippen molar-refractivity contribution in [2.75, 3.05) is 20.6 Å². The van der Waals surface area contributed by atoms with Gasteiger partial charge in [-0.1, -0.05) is 31.4 Å². The Kier molecular flexibility index (Phi) is 7.44. The molecule has 2 amide bonds. The summed E-state index contributed by atoms with van der Waals surface area (Å²) in [5.41, 5.74) is 1.73. The second-order valence-electron chi connectivity index (χ2n) is 7.12. The maximum Gasteiger partial charge on any atom is 0.251 e. The first kappa shape index (κ1) is 19.4. The van der Waals surface area contributed by atoms with Gasteiger partial charge in [0, 0.05) is 25.7 Å². The van der Waals surface area contributed by atoms with Crippen LogP contribution in [0.15, 0.2) is 24.3 Å². The molecule has 138 valence electrons. The number of hydrogen-bond acceptors (Lipinski definition) is 3. The van der Waals surface area contributed by atoms with Gasteiger partial charge in [-0.25, -0.2) is 0 Å². The standard InChI is InChI=1S/C20H31N3O2/c1-15(19(24)22-13-16-7-5-4-6-8-16)23(3)14-17-9-11-18(12-10-17)20(25)21-2/h9-12,15-16H,4-8,13-14H2,1-3H3,(H,21,25)(H,22,24). The minimum atomic E-state index is -0.179. The van der Waals surface area contributed by atoms with Crippen molar-refractivity contribution in [3.63, 3.8) is 0 Å². The molecule has 0 aliphatic heterocycles. The van der Waals surface area contributed by atoms with Crippen molar-refractivity contribution in [2.45, 2.75) is 51.6 Å². The molecule has 2 rings (SSSR count). The van der Waals surface area contributed by atoms with Gasteiger partial charge < -0.3 is 10.6 Å². The Morgan fingerprint density at radius 3 is 2.40 bits per heavy atom. The van der Waals surface area contributed by atoms with Crippen LogP contribution in [0.3, 0.4) is 0 Å². The molecule has 1 aliphatic rings. The van der Waals surface area contributed by atoms with Gasteiger partial charge in [0.25, 0.3) is 5.91 Å². The third-order valence-electron chi connectivity index (χ3n) is 5.21.